The second-order valence-corrected chi connectivity index (χ2v) is 3.84. The van der Waals surface area contributed by atoms with Gasteiger partial charge >= 0.3 is 12.0 Å². The van der Waals surface area contributed by atoms with Gasteiger partial charge in [0.25, 0.3) is 0 Å². The van der Waals surface area contributed by atoms with E-state index in [9.17, 15) is 9.59 Å². The van der Waals surface area contributed by atoms with E-state index < -0.39 is 12.1 Å². The lowest BCUT2D eigenvalue weighted by atomic mass is 10.3. The predicted molar refractivity (Wildman–Crippen MR) is 59.8 cm³/mol. The monoisotopic (exact) mass is 254 g/mol. The number of rotatable bonds is 3. The van der Waals surface area contributed by atoms with Crippen LogP contribution < -0.4 is 5.32 Å². The Kier molecular flexibility index (Phi) is 3.78. The van der Waals surface area contributed by atoms with Crippen LogP contribution in [0.25, 0.3) is 0 Å². The van der Waals surface area contributed by atoms with E-state index in [-0.39, 0.29) is 25.7 Å². The molecule has 1 saturated heterocycles. The molecule has 0 bridgehead atoms. The molecule has 98 valence electrons. The first-order chi connectivity index (χ1) is 8.66. The summed E-state index contributed by atoms with van der Waals surface area (Å²) in [6.07, 6.45) is 2.31. The molecule has 8 heteroatoms. The Morgan fingerprint density at radius 2 is 2.50 bits per heavy atom. The molecule has 1 aromatic rings. The van der Waals surface area contributed by atoms with E-state index in [4.69, 9.17) is 9.84 Å². The van der Waals surface area contributed by atoms with Crippen molar-refractivity contribution >= 4 is 12.0 Å². The summed E-state index contributed by atoms with van der Waals surface area (Å²) in [6, 6.07) is -0.319. The van der Waals surface area contributed by atoms with Gasteiger partial charge < -0.3 is 25.0 Å². The zero-order valence-corrected chi connectivity index (χ0v) is 9.63. The highest BCUT2D eigenvalue weighted by atomic mass is 16.5. The molecule has 1 fully saturated rings. The number of aromatic amines is 1. The van der Waals surface area contributed by atoms with Crippen LogP contribution in [-0.2, 0) is 16.1 Å². The van der Waals surface area contributed by atoms with Crippen molar-refractivity contribution in [2.75, 3.05) is 19.7 Å². The number of ether oxygens (including phenoxy) is 1. The molecule has 0 radical (unpaired) electrons. The molecule has 2 heterocycles. The number of carboxylic acids is 1. The first-order valence-corrected chi connectivity index (χ1v) is 5.52. The number of nitrogens with zero attached hydrogens (tertiary/aromatic N) is 2. The number of carbonyl (C=O) groups excluding carboxylic acids is 1. The Morgan fingerprint density at radius 3 is 3.17 bits per heavy atom. The van der Waals surface area contributed by atoms with Crippen LogP contribution in [0.4, 0.5) is 4.79 Å². The van der Waals surface area contributed by atoms with Gasteiger partial charge in [0, 0.05) is 18.9 Å². The number of carbonyl (C=O) groups is 2. The van der Waals surface area contributed by atoms with Gasteiger partial charge in [0.1, 0.15) is 5.82 Å². The molecular weight excluding hydrogens is 240 g/mol. The smallest absolute Gasteiger partial charge is 0.334 e. The van der Waals surface area contributed by atoms with Gasteiger partial charge in [-0.1, -0.05) is 0 Å². The van der Waals surface area contributed by atoms with E-state index in [1.165, 1.54) is 4.90 Å². The Bertz CT molecular complexity index is 420. The number of urea groups is 1. The average molecular weight is 254 g/mol. The maximum atomic E-state index is 11.8. The average Bonchev–Trinajstić information content (AvgIpc) is 2.89. The van der Waals surface area contributed by atoms with Crippen LogP contribution in [0.1, 0.15) is 5.82 Å². The number of imidazole rings is 1. The summed E-state index contributed by atoms with van der Waals surface area (Å²) >= 11 is 0. The fraction of sp³-hybridized carbons (Fsp3) is 0.500. The number of aliphatic carboxylic acids is 1. The minimum absolute atomic E-state index is 0.0549. The van der Waals surface area contributed by atoms with E-state index >= 15 is 0 Å². The van der Waals surface area contributed by atoms with Gasteiger partial charge in [-0.25, -0.2) is 14.6 Å². The standard InChI is InChI=1S/C10H14N4O4/c15-9(16)7-6-14(3-4-18-7)10(17)13-5-8-11-1-2-12-8/h1-2,7H,3-6H2,(H,11,12)(H,13,17)(H,15,16). The van der Waals surface area contributed by atoms with Crippen molar-refractivity contribution < 1.29 is 19.4 Å². The molecule has 3 N–H and O–H groups in total. The fourth-order valence-corrected chi connectivity index (χ4v) is 1.65. The minimum atomic E-state index is -1.06. The van der Waals surface area contributed by atoms with Crippen LogP contribution >= 0.6 is 0 Å². The second kappa shape index (κ2) is 5.50. The molecule has 1 unspecified atom stereocenters. The van der Waals surface area contributed by atoms with Crippen LogP contribution in [0.15, 0.2) is 12.4 Å². The summed E-state index contributed by atoms with van der Waals surface area (Å²) in [5.74, 6) is -0.412. The minimum Gasteiger partial charge on any atom is -0.479 e. The highest BCUT2D eigenvalue weighted by Gasteiger charge is 2.28. The van der Waals surface area contributed by atoms with Crippen LogP contribution in [0.3, 0.4) is 0 Å². The van der Waals surface area contributed by atoms with Crippen molar-refractivity contribution in [3.63, 3.8) is 0 Å². The lowest BCUT2D eigenvalue weighted by Gasteiger charge is -2.30. The SMILES string of the molecule is O=C(O)C1CN(C(=O)NCc2ncc[nH]2)CCO1. The van der Waals surface area contributed by atoms with E-state index in [0.29, 0.717) is 12.4 Å². The van der Waals surface area contributed by atoms with Gasteiger partial charge in [0.05, 0.1) is 19.7 Å². The quantitative estimate of drug-likeness (QED) is 0.668. The van der Waals surface area contributed by atoms with Gasteiger partial charge in [-0.3, -0.25) is 0 Å². The third-order valence-corrected chi connectivity index (χ3v) is 2.59. The first-order valence-electron chi connectivity index (χ1n) is 5.52. The molecule has 2 rings (SSSR count). The number of hydrogen-bond donors (Lipinski definition) is 3. The molecule has 0 spiro atoms. The van der Waals surface area contributed by atoms with E-state index in [1.54, 1.807) is 12.4 Å². The second-order valence-electron chi connectivity index (χ2n) is 3.84. The van der Waals surface area contributed by atoms with E-state index in [2.05, 4.69) is 15.3 Å². The Labute approximate surface area is 103 Å². The zero-order valence-electron chi connectivity index (χ0n) is 9.63. The summed E-state index contributed by atoms with van der Waals surface area (Å²) in [5, 5.41) is 11.5. The maximum Gasteiger partial charge on any atom is 0.334 e. The summed E-state index contributed by atoms with van der Waals surface area (Å²) in [4.78, 5) is 30.8. The number of carboxylic acid groups (broad SMARTS) is 1. The van der Waals surface area contributed by atoms with Crippen molar-refractivity contribution in [3.05, 3.63) is 18.2 Å². The molecular formula is C10H14N4O4. The molecule has 8 nitrogen and oxygen atoms in total. The topological polar surface area (TPSA) is 108 Å². The highest BCUT2D eigenvalue weighted by Crippen LogP contribution is 2.05. The van der Waals surface area contributed by atoms with Gasteiger partial charge in [0.2, 0.25) is 0 Å². The van der Waals surface area contributed by atoms with Crippen molar-refractivity contribution in [2.45, 2.75) is 12.6 Å². The number of aromatic nitrogens is 2. The third-order valence-electron chi connectivity index (χ3n) is 2.59. The van der Waals surface area contributed by atoms with Crippen LogP contribution in [-0.4, -0.2) is 57.8 Å². The Hall–Kier alpha value is -2.09. The normalized spacial score (nSPS) is 19.6. The molecule has 0 saturated carbocycles. The predicted octanol–water partition coefficient (Wildman–Crippen LogP) is -0.595. The van der Waals surface area contributed by atoms with E-state index in [1.807, 2.05) is 0 Å². The van der Waals surface area contributed by atoms with Crippen LogP contribution in [0, 0.1) is 0 Å². The zero-order chi connectivity index (χ0) is 13.0. The summed E-state index contributed by atoms with van der Waals surface area (Å²) in [6.45, 7) is 0.944. The van der Waals surface area contributed by atoms with Crippen LogP contribution in [0.2, 0.25) is 0 Å². The number of nitrogens with one attached hydrogen (secondary N) is 2. The molecule has 0 aromatic carbocycles. The van der Waals surface area contributed by atoms with Crippen molar-refractivity contribution in [2.24, 2.45) is 0 Å². The molecule has 2 amide bonds. The van der Waals surface area contributed by atoms with Gasteiger partial charge in [-0.05, 0) is 0 Å². The lowest BCUT2D eigenvalue weighted by Crippen LogP contribution is -2.51. The summed E-state index contributed by atoms with van der Waals surface area (Å²) in [7, 11) is 0. The summed E-state index contributed by atoms with van der Waals surface area (Å²) in [5.41, 5.74) is 0. The number of morpholine rings is 1. The number of H-pyrrole nitrogens is 1. The highest BCUT2D eigenvalue weighted by molar-refractivity contribution is 5.77. The number of hydrogen-bond acceptors (Lipinski definition) is 4. The largest absolute Gasteiger partial charge is 0.479 e. The molecule has 0 aliphatic carbocycles. The fourth-order valence-electron chi connectivity index (χ4n) is 1.65. The van der Waals surface area contributed by atoms with Gasteiger partial charge in [-0.15, -0.1) is 0 Å². The third kappa shape index (κ3) is 2.98. The van der Waals surface area contributed by atoms with Crippen molar-refractivity contribution in [1.82, 2.24) is 20.2 Å². The van der Waals surface area contributed by atoms with E-state index in [0.717, 1.165) is 0 Å². The van der Waals surface area contributed by atoms with Gasteiger partial charge in [0.15, 0.2) is 6.10 Å². The lowest BCUT2D eigenvalue weighted by molar-refractivity contribution is -0.154. The summed E-state index contributed by atoms with van der Waals surface area (Å²) < 4.78 is 5.03. The van der Waals surface area contributed by atoms with Crippen LogP contribution in [0.5, 0.6) is 0 Å². The molecule has 1 aliphatic heterocycles. The maximum absolute atomic E-state index is 11.8. The molecule has 1 aromatic heterocycles. The van der Waals surface area contributed by atoms with Crippen molar-refractivity contribution in [1.29, 1.82) is 0 Å². The van der Waals surface area contributed by atoms with Gasteiger partial charge in [-0.2, -0.15) is 0 Å². The molecule has 1 atom stereocenters. The Morgan fingerprint density at radius 1 is 1.67 bits per heavy atom. The Balaban J connectivity index is 1.83. The molecule has 18 heavy (non-hydrogen) atoms. The number of amides is 2. The first kappa shape index (κ1) is 12.4. The van der Waals surface area contributed by atoms with Crippen molar-refractivity contribution in [3.8, 4) is 0 Å². The molecule has 1 aliphatic rings.